The number of amides is 2. The average Bonchev–Trinajstić information content (AvgIpc) is 3.67. The Kier molecular flexibility index (Phi) is 11.0. The lowest BCUT2D eigenvalue weighted by Crippen LogP contribution is -2.28. The third-order valence-electron chi connectivity index (χ3n) is 7.09. The number of carbonyl (C=O) groups is 2. The number of aryl methyl sites for hydroxylation is 2. The fraction of sp³-hybridized carbons (Fsp3) is 0.323. The molecule has 0 spiro atoms. The highest BCUT2D eigenvalue weighted by Crippen LogP contribution is 2.39. The van der Waals surface area contributed by atoms with Gasteiger partial charge in [-0.05, 0) is 69.4 Å². The van der Waals surface area contributed by atoms with Crippen LogP contribution in [-0.4, -0.2) is 51.9 Å². The van der Waals surface area contributed by atoms with Gasteiger partial charge in [0.1, 0.15) is 16.9 Å². The molecule has 4 heterocycles. The number of halogens is 2. The second-order valence-corrected chi connectivity index (χ2v) is 11.7. The predicted octanol–water partition coefficient (Wildman–Crippen LogP) is 4.84. The zero-order valence-corrected chi connectivity index (χ0v) is 27.0. The second-order valence-electron chi connectivity index (χ2n) is 10.1. The van der Waals surface area contributed by atoms with E-state index >= 15 is 0 Å². The van der Waals surface area contributed by atoms with Gasteiger partial charge >= 0.3 is 0 Å². The maximum Gasteiger partial charge on any atom is 0.287 e. The highest BCUT2D eigenvalue weighted by molar-refractivity contribution is 7.15. The molecule has 2 amide bonds. The minimum Gasteiger partial charge on any atom is -0.443 e. The van der Waals surface area contributed by atoms with Gasteiger partial charge in [0.2, 0.25) is 5.91 Å². The number of aliphatic imine (C=N–C) groups is 1. The summed E-state index contributed by atoms with van der Waals surface area (Å²) in [6, 6.07) is 10.3. The van der Waals surface area contributed by atoms with Gasteiger partial charge in [-0.15, -0.1) is 33.9 Å². The molecule has 1 aliphatic heterocycles. The molecule has 0 bridgehead atoms. The molecule has 230 valence electrons. The van der Waals surface area contributed by atoms with Crippen LogP contribution < -0.4 is 16.4 Å². The Morgan fingerprint density at radius 3 is 2.52 bits per heavy atom. The van der Waals surface area contributed by atoms with E-state index in [1.54, 1.807) is 23.5 Å². The number of rotatable bonds is 9. The molecular weight excluding hydrogens is 621 g/mol. The number of carbonyl (C=O) groups excluding carboxylic acids is 2. The number of benzene rings is 1. The van der Waals surface area contributed by atoms with Crippen molar-refractivity contribution in [3.05, 3.63) is 86.2 Å². The Bertz CT molecular complexity index is 1750. The largest absolute Gasteiger partial charge is 0.443 e. The maximum absolute atomic E-state index is 13.1. The molecule has 44 heavy (non-hydrogen) atoms. The number of hydrogen-bond donors (Lipinski definition) is 3. The topological polar surface area (TPSA) is 140 Å². The van der Waals surface area contributed by atoms with E-state index in [0.717, 1.165) is 33.2 Å². The van der Waals surface area contributed by atoms with Crippen molar-refractivity contribution in [2.75, 3.05) is 19.6 Å². The van der Waals surface area contributed by atoms with Crippen LogP contribution in [0.15, 0.2) is 45.8 Å². The number of nitrogens with one attached hydrogen (secondary N) is 2. The van der Waals surface area contributed by atoms with Crippen LogP contribution in [0.2, 0.25) is 5.02 Å². The van der Waals surface area contributed by atoms with Crippen molar-refractivity contribution < 1.29 is 14.0 Å². The molecule has 4 N–H and O–H groups in total. The molecule has 10 nitrogen and oxygen atoms in total. The van der Waals surface area contributed by atoms with Crippen LogP contribution in [-0.2, 0) is 4.79 Å². The van der Waals surface area contributed by atoms with Crippen LogP contribution >= 0.6 is 35.3 Å². The van der Waals surface area contributed by atoms with E-state index in [9.17, 15) is 9.59 Å². The Morgan fingerprint density at radius 1 is 1.07 bits per heavy atom. The zero-order chi connectivity index (χ0) is 30.5. The van der Waals surface area contributed by atoms with Crippen LogP contribution in [0.1, 0.15) is 74.8 Å². The molecule has 3 aromatic heterocycles. The minimum absolute atomic E-state index is 0. The van der Waals surface area contributed by atoms with Gasteiger partial charge in [-0.2, -0.15) is 0 Å². The van der Waals surface area contributed by atoms with Crippen molar-refractivity contribution in [3.8, 4) is 16.8 Å². The summed E-state index contributed by atoms with van der Waals surface area (Å²) in [5, 5.41) is 16.3. The van der Waals surface area contributed by atoms with Gasteiger partial charge in [0, 0.05) is 34.1 Å². The van der Waals surface area contributed by atoms with Gasteiger partial charge < -0.3 is 20.8 Å². The molecule has 1 aliphatic rings. The van der Waals surface area contributed by atoms with E-state index in [1.807, 2.05) is 35.8 Å². The summed E-state index contributed by atoms with van der Waals surface area (Å²) in [7, 11) is 0. The van der Waals surface area contributed by atoms with Crippen LogP contribution in [0.3, 0.4) is 0 Å². The smallest absolute Gasteiger partial charge is 0.287 e. The van der Waals surface area contributed by atoms with Crippen molar-refractivity contribution in [1.29, 1.82) is 0 Å². The zero-order valence-electron chi connectivity index (χ0n) is 24.6. The van der Waals surface area contributed by atoms with E-state index in [1.165, 1.54) is 4.88 Å². The summed E-state index contributed by atoms with van der Waals surface area (Å²) in [6.45, 7) is 7.22. The van der Waals surface area contributed by atoms with Gasteiger partial charge in [-0.25, -0.2) is 0 Å². The Labute approximate surface area is 270 Å². The quantitative estimate of drug-likeness (QED) is 0.174. The first kappa shape index (κ1) is 33.0. The minimum atomic E-state index is -0.529. The van der Waals surface area contributed by atoms with Gasteiger partial charge in [-0.1, -0.05) is 29.7 Å². The lowest BCUT2D eigenvalue weighted by molar-refractivity contribution is -0.121. The van der Waals surface area contributed by atoms with Crippen molar-refractivity contribution in [3.63, 3.8) is 0 Å². The fourth-order valence-electron chi connectivity index (χ4n) is 4.81. The number of hydrogen-bond acceptors (Lipinski definition) is 8. The molecule has 4 aromatic rings. The summed E-state index contributed by atoms with van der Waals surface area (Å²) >= 11 is 7.86. The third-order valence-corrected chi connectivity index (χ3v) is 8.54. The third kappa shape index (κ3) is 7.22. The highest BCUT2D eigenvalue weighted by Gasteiger charge is 2.32. The van der Waals surface area contributed by atoms with Gasteiger partial charge in [-0.3, -0.25) is 19.1 Å². The summed E-state index contributed by atoms with van der Waals surface area (Å²) in [4.78, 5) is 31.7. The van der Waals surface area contributed by atoms with Gasteiger partial charge in [0.05, 0.1) is 18.7 Å². The normalized spacial score (nSPS) is 13.4. The Balaban J connectivity index is 0.00000442. The van der Waals surface area contributed by atoms with Gasteiger partial charge in [0.15, 0.2) is 17.3 Å². The van der Waals surface area contributed by atoms with E-state index in [4.69, 9.17) is 26.7 Å². The second kappa shape index (κ2) is 14.7. The first-order valence-electron chi connectivity index (χ1n) is 14.0. The average molecular weight is 655 g/mol. The summed E-state index contributed by atoms with van der Waals surface area (Å²) < 4.78 is 7.44. The molecule has 0 unspecified atom stereocenters. The molecule has 1 atom stereocenters. The standard InChI is InChI=1S/C31H32ClN7O3S.ClH/c1-18-19(2)43-31-27(18)28(21-8-10-22(32)11-9-21)36-24(29-38-37-20(3)39(29)31)17-26(40)34-15-4-5-16-35-30(41)25-13-12-23(42-25)7-6-14-33;/h8-13,24H,4-5,14-17,33H2,1-3H3,(H,34,40)(H,35,41);1H/t24-;/m0./s1. The van der Waals surface area contributed by atoms with E-state index in [0.29, 0.717) is 42.5 Å². The van der Waals surface area contributed by atoms with Crippen molar-refractivity contribution in [2.45, 2.75) is 46.1 Å². The molecule has 13 heteroatoms. The molecule has 5 rings (SSSR count). The number of unbranched alkanes of at least 4 members (excludes halogenated alkanes) is 1. The van der Waals surface area contributed by atoms with Crippen molar-refractivity contribution in [1.82, 2.24) is 25.4 Å². The van der Waals surface area contributed by atoms with Crippen molar-refractivity contribution in [2.24, 2.45) is 10.7 Å². The lowest BCUT2D eigenvalue weighted by Gasteiger charge is -2.13. The predicted molar refractivity (Wildman–Crippen MR) is 174 cm³/mol. The van der Waals surface area contributed by atoms with E-state index < -0.39 is 6.04 Å². The Hall–Kier alpha value is -3.95. The summed E-state index contributed by atoms with van der Waals surface area (Å²) in [5.74, 6) is 6.95. The number of nitrogens with zero attached hydrogens (tertiary/aromatic N) is 4. The molecule has 1 aromatic carbocycles. The van der Waals surface area contributed by atoms with Gasteiger partial charge in [0.25, 0.3) is 5.91 Å². The number of fused-ring (bicyclic) bond motifs is 3. The number of thiophene rings is 1. The van der Waals surface area contributed by atoms with E-state index in [-0.39, 0.29) is 42.9 Å². The number of aromatic nitrogens is 3. The first-order valence-corrected chi connectivity index (χ1v) is 15.2. The highest BCUT2D eigenvalue weighted by atomic mass is 35.5. The summed E-state index contributed by atoms with van der Waals surface area (Å²) in [6.07, 6.45) is 1.49. The summed E-state index contributed by atoms with van der Waals surface area (Å²) in [5.41, 5.74) is 9.24. The van der Waals surface area contributed by atoms with E-state index in [2.05, 4.69) is 46.5 Å². The SMILES string of the molecule is Cc1sc2c(c1C)C(c1ccc(Cl)cc1)=N[C@@H](CC(=O)NCCCCNC(=O)c1ccc(C#CCN)o1)c1nnc(C)n1-2.Cl. The molecule has 0 radical (unpaired) electrons. The molecule has 0 saturated carbocycles. The molecule has 0 saturated heterocycles. The lowest BCUT2D eigenvalue weighted by atomic mass is 9.99. The number of furan rings is 1. The van der Waals surface area contributed by atoms with Crippen LogP contribution in [0.25, 0.3) is 5.00 Å². The van der Waals surface area contributed by atoms with Crippen LogP contribution in [0, 0.1) is 32.6 Å². The first-order chi connectivity index (χ1) is 20.8. The maximum atomic E-state index is 13.1. The van der Waals surface area contributed by atoms with Crippen molar-refractivity contribution >= 4 is 52.9 Å². The monoisotopic (exact) mass is 653 g/mol. The van der Waals surface area contributed by atoms with Crippen LogP contribution in [0.5, 0.6) is 0 Å². The molecule has 0 aliphatic carbocycles. The Morgan fingerprint density at radius 2 is 1.80 bits per heavy atom. The van der Waals surface area contributed by atoms with Crippen LogP contribution in [0.4, 0.5) is 0 Å². The molecule has 0 fully saturated rings. The number of nitrogens with two attached hydrogens (primary N) is 1. The molecular formula is C31H33Cl2N7O3S. The fourth-order valence-corrected chi connectivity index (χ4v) is 6.15.